The third-order valence-electron chi connectivity index (χ3n) is 4.65. The number of carbonyl (C=O) groups is 1. The lowest BCUT2D eigenvalue weighted by Crippen LogP contribution is -2.50. The van der Waals surface area contributed by atoms with Gasteiger partial charge in [-0.1, -0.05) is 12.8 Å². The predicted molar refractivity (Wildman–Crippen MR) is 85.5 cm³/mol. The smallest absolute Gasteiger partial charge is 0.234 e. The summed E-state index contributed by atoms with van der Waals surface area (Å²) in [7, 11) is 0. The van der Waals surface area contributed by atoms with Crippen molar-refractivity contribution < 1.29 is 9.18 Å². The highest BCUT2D eigenvalue weighted by molar-refractivity contribution is 5.78. The number of nitrogens with zero attached hydrogens (tertiary/aromatic N) is 2. The fraction of sp³-hybridized carbons (Fsp3) is 0.588. The molecule has 22 heavy (non-hydrogen) atoms. The van der Waals surface area contributed by atoms with Crippen LogP contribution in [0, 0.1) is 5.82 Å². The fourth-order valence-electron chi connectivity index (χ4n) is 3.36. The van der Waals surface area contributed by atoms with Gasteiger partial charge in [0.1, 0.15) is 5.82 Å². The molecule has 1 aromatic carbocycles. The lowest BCUT2D eigenvalue weighted by molar-refractivity contribution is -0.123. The monoisotopic (exact) mass is 305 g/mol. The van der Waals surface area contributed by atoms with Gasteiger partial charge in [0.2, 0.25) is 5.91 Å². The summed E-state index contributed by atoms with van der Waals surface area (Å²) >= 11 is 0. The van der Waals surface area contributed by atoms with Crippen LogP contribution in [0.15, 0.2) is 24.3 Å². The molecule has 0 atom stereocenters. The van der Waals surface area contributed by atoms with Gasteiger partial charge in [-0.25, -0.2) is 4.39 Å². The van der Waals surface area contributed by atoms with Crippen LogP contribution in [0.4, 0.5) is 10.1 Å². The summed E-state index contributed by atoms with van der Waals surface area (Å²) in [5, 5.41) is 3.14. The van der Waals surface area contributed by atoms with Gasteiger partial charge in [0.15, 0.2) is 0 Å². The van der Waals surface area contributed by atoms with Gasteiger partial charge >= 0.3 is 0 Å². The molecule has 2 aliphatic rings. The molecular formula is C17H24FN3O. The van der Waals surface area contributed by atoms with Crippen LogP contribution >= 0.6 is 0 Å². The van der Waals surface area contributed by atoms with E-state index in [-0.39, 0.29) is 11.7 Å². The number of rotatable bonds is 4. The van der Waals surface area contributed by atoms with E-state index in [2.05, 4.69) is 15.1 Å². The van der Waals surface area contributed by atoms with Gasteiger partial charge in [-0.3, -0.25) is 9.69 Å². The summed E-state index contributed by atoms with van der Waals surface area (Å²) in [5.41, 5.74) is 1.05. The van der Waals surface area contributed by atoms with Gasteiger partial charge < -0.3 is 10.2 Å². The van der Waals surface area contributed by atoms with Gasteiger partial charge in [-0.2, -0.15) is 0 Å². The van der Waals surface area contributed by atoms with Crippen LogP contribution in [0.2, 0.25) is 0 Å². The molecule has 1 saturated heterocycles. The Bertz CT molecular complexity index is 491. The zero-order valence-corrected chi connectivity index (χ0v) is 12.9. The molecule has 4 nitrogen and oxygen atoms in total. The Kier molecular flexibility index (Phi) is 4.93. The van der Waals surface area contributed by atoms with E-state index in [1.54, 1.807) is 0 Å². The lowest BCUT2D eigenvalue weighted by Gasteiger charge is -2.35. The molecular weight excluding hydrogens is 281 g/mol. The quantitative estimate of drug-likeness (QED) is 0.924. The minimum absolute atomic E-state index is 0.155. The molecule has 0 spiro atoms. The van der Waals surface area contributed by atoms with Crippen LogP contribution in [0.5, 0.6) is 0 Å². The summed E-state index contributed by atoms with van der Waals surface area (Å²) in [6, 6.07) is 7.02. The molecule has 0 unspecified atom stereocenters. The number of piperazine rings is 1. The highest BCUT2D eigenvalue weighted by atomic mass is 19.1. The third-order valence-corrected chi connectivity index (χ3v) is 4.65. The Morgan fingerprint density at radius 3 is 2.36 bits per heavy atom. The second-order valence-electron chi connectivity index (χ2n) is 6.29. The molecule has 1 aliphatic heterocycles. The van der Waals surface area contributed by atoms with E-state index in [9.17, 15) is 9.18 Å². The topological polar surface area (TPSA) is 35.6 Å². The van der Waals surface area contributed by atoms with E-state index in [1.807, 2.05) is 12.1 Å². The molecule has 1 N–H and O–H groups in total. The molecule has 2 fully saturated rings. The first-order chi connectivity index (χ1) is 10.7. The van der Waals surface area contributed by atoms with Crippen molar-refractivity contribution in [1.29, 1.82) is 0 Å². The van der Waals surface area contributed by atoms with Crippen LogP contribution in [-0.2, 0) is 4.79 Å². The van der Waals surface area contributed by atoms with Crippen molar-refractivity contribution in [2.45, 2.75) is 31.7 Å². The number of nitrogens with one attached hydrogen (secondary N) is 1. The second-order valence-corrected chi connectivity index (χ2v) is 6.29. The summed E-state index contributed by atoms with van der Waals surface area (Å²) in [5.74, 6) is -0.0481. The maximum absolute atomic E-state index is 13.0. The Morgan fingerprint density at radius 1 is 1.09 bits per heavy atom. The first-order valence-corrected chi connectivity index (χ1v) is 8.23. The van der Waals surface area contributed by atoms with E-state index in [1.165, 1.54) is 25.0 Å². The van der Waals surface area contributed by atoms with Crippen molar-refractivity contribution in [3.63, 3.8) is 0 Å². The second kappa shape index (κ2) is 7.09. The Hall–Kier alpha value is -1.62. The maximum atomic E-state index is 13.0. The molecule has 0 bridgehead atoms. The van der Waals surface area contributed by atoms with Crippen LogP contribution in [0.1, 0.15) is 25.7 Å². The zero-order chi connectivity index (χ0) is 15.4. The summed E-state index contributed by atoms with van der Waals surface area (Å²) in [6.07, 6.45) is 4.73. The molecule has 3 rings (SSSR count). The first kappa shape index (κ1) is 15.3. The number of benzene rings is 1. The third kappa shape index (κ3) is 3.97. The molecule has 1 amide bonds. The van der Waals surface area contributed by atoms with Crippen molar-refractivity contribution in [1.82, 2.24) is 10.2 Å². The van der Waals surface area contributed by atoms with Crippen LogP contribution < -0.4 is 10.2 Å². The van der Waals surface area contributed by atoms with Crippen molar-refractivity contribution in [3.05, 3.63) is 30.1 Å². The molecule has 1 saturated carbocycles. The standard InChI is InChI=1S/C17H24FN3O/c18-14-5-7-16(8-6-14)21-11-9-20(10-12-21)13-17(22)19-15-3-1-2-4-15/h5-8,15H,1-4,9-13H2,(H,19,22). The minimum Gasteiger partial charge on any atom is -0.369 e. The SMILES string of the molecule is O=C(CN1CCN(c2ccc(F)cc2)CC1)NC1CCCC1. The average molecular weight is 305 g/mol. The van der Waals surface area contributed by atoms with Crippen molar-refractivity contribution >= 4 is 11.6 Å². The zero-order valence-electron chi connectivity index (χ0n) is 12.9. The van der Waals surface area contributed by atoms with Gasteiger partial charge in [0.25, 0.3) is 0 Å². The van der Waals surface area contributed by atoms with E-state index in [4.69, 9.17) is 0 Å². The van der Waals surface area contributed by atoms with Gasteiger partial charge in [0.05, 0.1) is 6.54 Å². The summed E-state index contributed by atoms with van der Waals surface area (Å²) < 4.78 is 13.0. The average Bonchev–Trinajstić information content (AvgIpc) is 3.02. The Morgan fingerprint density at radius 2 is 1.73 bits per heavy atom. The molecule has 0 aromatic heterocycles. The van der Waals surface area contributed by atoms with E-state index >= 15 is 0 Å². The van der Waals surface area contributed by atoms with E-state index in [0.717, 1.165) is 44.7 Å². The molecule has 120 valence electrons. The summed E-state index contributed by atoms with van der Waals surface area (Å²) in [6.45, 7) is 3.99. The highest BCUT2D eigenvalue weighted by Gasteiger charge is 2.21. The fourth-order valence-corrected chi connectivity index (χ4v) is 3.36. The number of hydrogen-bond acceptors (Lipinski definition) is 3. The summed E-state index contributed by atoms with van der Waals surface area (Å²) in [4.78, 5) is 16.5. The molecule has 5 heteroatoms. The van der Waals surface area contributed by atoms with Crippen LogP contribution in [-0.4, -0.2) is 49.6 Å². The largest absolute Gasteiger partial charge is 0.369 e. The van der Waals surface area contributed by atoms with Gasteiger partial charge in [-0.05, 0) is 37.1 Å². The number of amides is 1. The van der Waals surface area contributed by atoms with Gasteiger partial charge in [0, 0.05) is 37.9 Å². The number of carbonyl (C=O) groups excluding carboxylic acids is 1. The molecule has 1 heterocycles. The Balaban J connectivity index is 1.43. The molecule has 1 aliphatic carbocycles. The molecule has 1 aromatic rings. The molecule has 0 radical (unpaired) electrons. The van der Waals surface area contributed by atoms with Crippen LogP contribution in [0.3, 0.4) is 0 Å². The highest BCUT2D eigenvalue weighted by Crippen LogP contribution is 2.18. The normalized spacial score (nSPS) is 20.3. The minimum atomic E-state index is -0.203. The van der Waals surface area contributed by atoms with E-state index in [0.29, 0.717) is 12.6 Å². The van der Waals surface area contributed by atoms with E-state index < -0.39 is 0 Å². The van der Waals surface area contributed by atoms with Crippen molar-refractivity contribution in [3.8, 4) is 0 Å². The van der Waals surface area contributed by atoms with Crippen LogP contribution in [0.25, 0.3) is 0 Å². The predicted octanol–water partition coefficient (Wildman–Crippen LogP) is 2.01. The van der Waals surface area contributed by atoms with Gasteiger partial charge in [-0.15, -0.1) is 0 Å². The maximum Gasteiger partial charge on any atom is 0.234 e. The number of hydrogen-bond donors (Lipinski definition) is 1. The first-order valence-electron chi connectivity index (χ1n) is 8.23. The number of anilines is 1. The number of halogens is 1. The lowest BCUT2D eigenvalue weighted by atomic mass is 10.2. The van der Waals surface area contributed by atoms with Crippen molar-refractivity contribution in [2.24, 2.45) is 0 Å². The Labute approximate surface area is 131 Å². The van der Waals surface area contributed by atoms with Crippen molar-refractivity contribution in [2.75, 3.05) is 37.6 Å².